The van der Waals surface area contributed by atoms with E-state index in [1.54, 1.807) is 6.08 Å². The smallest absolute Gasteiger partial charge is 0.144 e. The molecule has 1 heterocycles. The van der Waals surface area contributed by atoms with E-state index < -0.39 is 0 Å². The molecule has 0 bridgehead atoms. The molecule has 15 heavy (non-hydrogen) atoms. The first-order valence-electron chi connectivity index (χ1n) is 5.37. The molecule has 1 aliphatic heterocycles. The van der Waals surface area contributed by atoms with Crippen molar-refractivity contribution >= 4 is 12.0 Å². The number of carbonyl (C=O) groups is 1. The molecule has 78 valence electrons. The number of hydrogen-bond donors (Lipinski definition) is 0. The van der Waals surface area contributed by atoms with Gasteiger partial charge in [0.2, 0.25) is 0 Å². The molecule has 2 heteroatoms. The molecule has 2 nitrogen and oxygen atoms in total. The molecule has 0 spiro atoms. The Kier molecular flexibility index (Phi) is 3.18. The summed E-state index contributed by atoms with van der Waals surface area (Å²) in [6.07, 6.45) is 4.99. The molecule has 1 aliphatic rings. The Labute approximate surface area is 90.2 Å². The lowest BCUT2D eigenvalue weighted by Gasteiger charge is -2.21. The van der Waals surface area contributed by atoms with E-state index in [1.807, 2.05) is 30.3 Å². The van der Waals surface area contributed by atoms with Gasteiger partial charge in [0.25, 0.3) is 0 Å². The van der Waals surface area contributed by atoms with Crippen molar-refractivity contribution in [3.8, 4) is 0 Å². The zero-order chi connectivity index (χ0) is 10.5. The molecule has 0 atom stereocenters. The first-order chi connectivity index (χ1) is 7.42. The van der Waals surface area contributed by atoms with Gasteiger partial charge in [0.15, 0.2) is 0 Å². The molecular weight excluding hydrogens is 186 g/mol. The van der Waals surface area contributed by atoms with E-state index in [-0.39, 0.29) is 0 Å². The predicted octanol–water partition coefficient (Wildman–Crippen LogP) is 2.32. The summed E-state index contributed by atoms with van der Waals surface area (Å²) in [7, 11) is 0. The minimum atomic E-state index is 0.876. The molecule has 0 aliphatic carbocycles. The summed E-state index contributed by atoms with van der Waals surface area (Å²) in [5, 5.41) is 0. The van der Waals surface area contributed by atoms with Gasteiger partial charge in [-0.15, -0.1) is 0 Å². The minimum Gasteiger partial charge on any atom is -0.371 e. The lowest BCUT2D eigenvalue weighted by Crippen LogP contribution is -2.17. The highest BCUT2D eigenvalue weighted by atomic mass is 16.1. The van der Waals surface area contributed by atoms with Crippen molar-refractivity contribution in [1.29, 1.82) is 0 Å². The Hall–Kier alpha value is -1.57. The van der Waals surface area contributed by atoms with Crippen molar-refractivity contribution in [3.05, 3.63) is 42.0 Å². The maximum atomic E-state index is 10.6. The summed E-state index contributed by atoms with van der Waals surface area (Å²) in [6.45, 7) is 2.13. The average molecular weight is 201 g/mol. The van der Waals surface area contributed by atoms with Crippen LogP contribution in [0.3, 0.4) is 0 Å². The molecule has 1 fully saturated rings. The monoisotopic (exact) mass is 201 g/mol. The van der Waals surface area contributed by atoms with Crippen molar-refractivity contribution in [2.75, 3.05) is 13.1 Å². The first kappa shape index (κ1) is 9.97. The number of rotatable bonds is 3. The molecule has 0 unspecified atom stereocenters. The van der Waals surface area contributed by atoms with E-state index in [1.165, 1.54) is 12.8 Å². The van der Waals surface area contributed by atoms with Gasteiger partial charge in [0.1, 0.15) is 6.29 Å². The number of carbonyl (C=O) groups excluding carboxylic acids is 1. The number of allylic oxidation sites excluding steroid dienone is 1. The molecule has 1 aromatic carbocycles. The zero-order valence-electron chi connectivity index (χ0n) is 8.73. The fraction of sp³-hybridized carbons (Fsp3) is 0.308. The third-order valence-electron chi connectivity index (χ3n) is 2.74. The van der Waals surface area contributed by atoms with Gasteiger partial charge in [-0.3, -0.25) is 4.79 Å². The van der Waals surface area contributed by atoms with Crippen LogP contribution in [0.25, 0.3) is 5.70 Å². The standard InChI is InChI=1S/C13H15NO/c15-11-8-13(14-9-4-5-10-14)12-6-2-1-3-7-12/h1-3,6-8,11H,4-5,9-10H2/b13-8-. The largest absolute Gasteiger partial charge is 0.371 e. The summed E-state index contributed by atoms with van der Waals surface area (Å²) in [4.78, 5) is 12.9. The van der Waals surface area contributed by atoms with E-state index >= 15 is 0 Å². The molecule has 0 aromatic heterocycles. The summed E-state index contributed by atoms with van der Waals surface area (Å²) < 4.78 is 0. The fourth-order valence-corrected chi connectivity index (χ4v) is 2.02. The van der Waals surface area contributed by atoms with Gasteiger partial charge < -0.3 is 4.90 Å². The van der Waals surface area contributed by atoms with Gasteiger partial charge in [0.05, 0.1) is 0 Å². The highest BCUT2D eigenvalue weighted by Gasteiger charge is 2.15. The van der Waals surface area contributed by atoms with Crippen molar-refractivity contribution in [3.63, 3.8) is 0 Å². The van der Waals surface area contributed by atoms with Crippen LogP contribution in [0.5, 0.6) is 0 Å². The fourth-order valence-electron chi connectivity index (χ4n) is 2.02. The second-order valence-electron chi connectivity index (χ2n) is 3.75. The quantitative estimate of drug-likeness (QED) is 0.552. The minimum absolute atomic E-state index is 0.876. The van der Waals surface area contributed by atoms with Gasteiger partial charge in [0, 0.05) is 24.9 Å². The van der Waals surface area contributed by atoms with Crippen LogP contribution in [-0.2, 0) is 4.79 Å². The van der Waals surface area contributed by atoms with Crippen LogP contribution in [-0.4, -0.2) is 24.3 Å². The maximum absolute atomic E-state index is 10.6. The number of aldehydes is 1. The van der Waals surface area contributed by atoms with Gasteiger partial charge in [-0.1, -0.05) is 30.3 Å². The topological polar surface area (TPSA) is 20.3 Å². The zero-order valence-corrected chi connectivity index (χ0v) is 8.73. The molecule has 0 radical (unpaired) electrons. The summed E-state index contributed by atoms with van der Waals surface area (Å²) in [5.41, 5.74) is 2.19. The van der Waals surface area contributed by atoms with E-state index in [0.29, 0.717) is 0 Å². The van der Waals surface area contributed by atoms with Crippen LogP contribution in [0.2, 0.25) is 0 Å². The molecule has 0 amide bonds. The Balaban J connectivity index is 2.27. The normalized spacial score (nSPS) is 16.8. The second kappa shape index (κ2) is 4.78. The van der Waals surface area contributed by atoms with Crippen LogP contribution in [0.4, 0.5) is 0 Å². The van der Waals surface area contributed by atoms with Crippen LogP contribution in [0.1, 0.15) is 18.4 Å². The summed E-state index contributed by atoms with van der Waals surface area (Å²) in [6, 6.07) is 10.1. The van der Waals surface area contributed by atoms with E-state index in [4.69, 9.17) is 0 Å². The molecule has 1 aromatic rings. The lowest BCUT2D eigenvalue weighted by atomic mass is 10.1. The van der Waals surface area contributed by atoms with Gasteiger partial charge >= 0.3 is 0 Å². The van der Waals surface area contributed by atoms with Crippen molar-refractivity contribution in [2.24, 2.45) is 0 Å². The first-order valence-corrected chi connectivity index (χ1v) is 5.37. The number of likely N-dealkylation sites (tertiary alicyclic amines) is 1. The number of benzene rings is 1. The maximum Gasteiger partial charge on any atom is 0.144 e. The third kappa shape index (κ3) is 2.27. The Morgan fingerprint density at radius 1 is 1.13 bits per heavy atom. The highest BCUT2D eigenvalue weighted by Crippen LogP contribution is 2.23. The van der Waals surface area contributed by atoms with Crippen LogP contribution < -0.4 is 0 Å². The van der Waals surface area contributed by atoms with Crippen molar-refractivity contribution < 1.29 is 4.79 Å². The van der Waals surface area contributed by atoms with Crippen LogP contribution in [0, 0.1) is 0 Å². The summed E-state index contributed by atoms with van der Waals surface area (Å²) >= 11 is 0. The van der Waals surface area contributed by atoms with Crippen molar-refractivity contribution in [1.82, 2.24) is 4.90 Å². The lowest BCUT2D eigenvalue weighted by molar-refractivity contribution is -0.104. The highest BCUT2D eigenvalue weighted by molar-refractivity contribution is 5.80. The Bertz CT molecular complexity index is 350. The third-order valence-corrected chi connectivity index (χ3v) is 2.74. The van der Waals surface area contributed by atoms with E-state index in [0.717, 1.165) is 30.6 Å². The Morgan fingerprint density at radius 2 is 1.80 bits per heavy atom. The van der Waals surface area contributed by atoms with Crippen LogP contribution in [0.15, 0.2) is 36.4 Å². The molecule has 2 rings (SSSR count). The van der Waals surface area contributed by atoms with E-state index in [9.17, 15) is 4.79 Å². The van der Waals surface area contributed by atoms with Gasteiger partial charge in [-0.25, -0.2) is 0 Å². The van der Waals surface area contributed by atoms with Gasteiger partial charge in [-0.05, 0) is 18.4 Å². The number of hydrogen-bond acceptors (Lipinski definition) is 2. The van der Waals surface area contributed by atoms with Crippen molar-refractivity contribution in [2.45, 2.75) is 12.8 Å². The molecule has 0 N–H and O–H groups in total. The average Bonchev–Trinajstić information content (AvgIpc) is 2.80. The van der Waals surface area contributed by atoms with Crippen LogP contribution >= 0.6 is 0 Å². The number of nitrogens with zero attached hydrogens (tertiary/aromatic N) is 1. The van der Waals surface area contributed by atoms with Gasteiger partial charge in [-0.2, -0.15) is 0 Å². The van der Waals surface area contributed by atoms with E-state index in [2.05, 4.69) is 4.90 Å². The Morgan fingerprint density at radius 3 is 2.40 bits per heavy atom. The molecule has 1 saturated heterocycles. The second-order valence-corrected chi connectivity index (χ2v) is 3.75. The summed E-state index contributed by atoms with van der Waals surface area (Å²) in [5.74, 6) is 0. The molecular formula is C13H15NO. The molecule has 0 saturated carbocycles. The predicted molar refractivity (Wildman–Crippen MR) is 61.3 cm³/mol. The SMILES string of the molecule is O=C/C=C(/c1ccccc1)N1CCCC1.